The molecule has 0 amide bonds. The van der Waals surface area contributed by atoms with Gasteiger partial charge in [-0.05, 0) is 18.4 Å². The summed E-state index contributed by atoms with van der Waals surface area (Å²) < 4.78 is 0. The highest BCUT2D eigenvalue weighted by atomic mass is 32.2. The molecule has 0 unspecified atom stereocenters. The minimum Gasteiger partial charge on any atom is -0.383 e. The third-order valence-electron chi connectivity index (χ3n) is 2.16. The van der Waals surface area contributed by atoms with Crippen molar-refractivity contribution >= 4 is 29.2 Å². The van der Waals surface area contributed by atoms with Crippen molar-refractivity contribution in [3.8, 4) is 6.07 Å². The second-order valence-electron chi connectivity index (χ2n) is 3.29. The zero-order valence-electron chi connectivity index (χ0n) is 9.90. The molecule has 0 atom stereocenters. The van der Waals surface area contributed by atoms with Gasteiger partial charge in [0.2, 0.25) is 0 Å². The van der Waals surface area contributed by atoms with E-state index in [-0.39, 0.29) is 0 Å². The zero-order chi connectivity index (χ0) is 12.5. The fourth-order valence-corrected chi connectivity index (χ4v) is 2.54. The molecular formula is C13H16N2S2. The molecule has 0 saturated carbocycles. The first-order chi connectivity index (χ1) is 8.33. The lowest BCUT2D eigenvalue weighted by Crippen LogP contribution is -2.06. The topological polar surface area (TPSA) is 35.8 Å². The molecule has 0 radical (unpaired) electrons. The third kappa shape index (κ3) is 4.37. The molecule has 0 fully saturated rings. The van der Waals surface area contributed by atoms with Gasteiger partial charge < -0.3 is 5.32 Å². The van der Waals surface area contributed by atoms with Gasteiger partial charge in [-0.1, -0.05) is 12.1 Å². The average molecular weight is 264 g/mol. The molecule has 1 aromatic rings. The van der Waals surface area contributed by atoms with Crippen LogP contribution < -0.4 is 5.32 Å². The molecule has 17 heavy (non-hydrogen) atoms. The summed E-state index contributed by atoms with van der Waals surface area (Å²) in [6.45, 7) is 4.55. The lowest BCUT2D eigenvalue weighted by atomic mass is 10.2. The van der Waals surface area contributed by atoms with Crippen molar-refractivity contribution in [3.05, 3.63) is 36.4 Å². The third-order valence-corrected chi connectivity index (χ3v) is 3.90. The lowest BCUT2D eigenvalue weighted by molar-refractivity contribution is 1.21. The van der Waals surface area contributed by atoms with Crippen molar-refractivity contribution < 1.29 is 0 Å². The molecule has 1 rings (SSSR count). The summed E-state index contributed by atoms with van der Waals surface area (Å²) in [4.78, 5) is 1.02. The van der Waals surface area contributed by atoms with Crippen LogP contribution in [0, 0.1) is 11.3 Å². The smallest absolute Gasteiger partial charge is 0.102 e. The Morgan fingerprint density at radius 1 is 1.53 bits per heavy atom. The number of nitrogens with zero attached hydrogens (tertiary/aromatic N) is 1. The minimum absolute atomic E-state index is 0.744. The second-order valence-corrected chi connectivity index (χ2v) is 5.28. The summed E-state index contributed by atoms with van der Waals surface area (Å²) in [7, 11) is 0. The Hall–Kier alpha value is -1.05. The summed E-state index contributed by atoms with van der Waals surface area (Å²) in [5.74, 6) is 1.98. The molecular weight excluding hydrogens is 248 g/mol. The fraction of sp³-hybridized carbons (Fsp3) is 0.308. The molecule has 0 heterocycles. The molecule has 0 spiro atoms. The van der Waals surface area contributed by atoms with Gasteiger partial charge in [0.05, 0.1) is 11.3 Å². The van der Waals surface area contributed by atoms with Crippen molar-refractivity contribution in [2.45, 2.75) is 4.90 Å². The maximum absolute atomic E-state index is 9.15. The Bertz CT molecular complexity index is 410. The number of hydrogen-bond acceptors (Lipinski definition) is 4. The van der Waals surface area contributed by atoms with E-state index in [0.29, 0.717) is 0 Å². The van der Waals surface area contributed by atoms with Gasteiger partial charge in [0.25, 0.3) is 0 Å². The van der Waals surface area contributed by atoms with Crippen LogP contribution in [0.4, 0.5) is 5.69 Å². The highest BCUT2D eigenvalue weighted by Crippen LogP contribution is 2.26. The van der Waals surface area contributed by atoms with Crippen molar-refractivity contribution in [1.82, 2.24) is 0 Å². The van der Waals surface area contributed by atoms with E-state index < -0.39 is 0 Å². The zero-order valence-corrected chi connectivity index (χ0v) is 11.5. The van der Waals surface area contributed by atoms with Crippen LogP contribution in [0.5, 0.6) is 0 Å². The van der Waals surface area contributed by atoms with Crippen molar-refractivity contribution in [2.75, 3.05) is 29.6 Å². The van der Waals surface area contributed by atoms with Gasteiger partial charge in [-0.2, -0.15) is 17.0 Å². The molecule has 0 aromatic heterocycles. The largest absolute Gasteiger partial charge is 0.383 e. The first-order valence-corrected chi connectivity index (χ1v) is 7.71. The molecule has 2 nitrogen and oxygen atoms in total. The van der Waals surface area contributed by atoms with Crippen LogP contribution >= 0.6 is 23.5 Å². The van der Waals surface area contributed by atoms with Crippen LogP contribution in [-0.2, 0) is 0 Å². The van der Waals surface area contributed by atoms with Gasteiger partial charge in [-0.15, -0.1) is 18.3 Å². The van der Waals surface area contributed by atoms with Gasteiger partial charge >= 0.3 is 0 Å². The van der Waals surface area contributed by atoms with Crippen LogP contribution in [0.3, 0.4) is 0 Å². The average Bonchev–Trinajstić information content (AvgIpc) is 2.38. The molecule has 0 bridgehead atoms. The predicted molar refractivity (Wildman–Crippen MR) is 78.9 cm³/mol. The molecule has 1 N–H and O–H groups in total. The van der Waals surface area contributed by atoms with Gasteiger partial charge in [0, 0.05) is 22.9 Å². The van der Waals surface area contributed by atoms with Crippen LogP contribution in [0.2, 0.25) is 0 Å². The summed E-state index contributed by atoms with van der Waals surface area (Å²) >= 11 is 3.43. The number of anilines is 1. The minimum atomic E-state index is 0.744. The SMILES string of the molecule is C=CCSCCNc1cccc(SC)c1C#N. The Balaban J connectivity index is 2.59. The monoisotopic (exact) mass is 264 g/mol. The van der Waals surface area contributed by atoms with E-state index in [2.05, 4.69) is 18.0 Å². The van der Waals surface area contributed by atoms with E-state index in [1.165, 1.54) is 0 Å². The van der Waals surface area contributed by atoms with Crippen molar-refractivity contribution in [2.24, 2.45) is 0 Å². The number of thioether (sulfide) groups is 2. The van der Waals surface area contributed by atoms with E-state index in [0.717, 1.165) is 34.2 Å². The van der Waals surface area contributed by atoms with E-state index in [9.17, 15) is 0 Å². The lowest BCUT2D eigenvalue weighted by Gasteiger charge is -2.09. The van der Waals surface area contributed by atoms with Crippen molar-refractivity contribution in [3.63, 3.8) is 0 Å². The molecule has 0 aliphatic rings. The van der Waals surface area contributed by atoms with Crippen LogP contribution in [0.1, 0.15) is 5.56 Å². The quantitative estimate of drug-likeness (QED) is 0.463. The maximum Gasteiger partial charge on any atom is 0.102 e. The number of benzene rings is 1. The van der Waals surface area contributed by atoms with Crippen LogP contribution in [0.25, 0.3) is 0 Å². The highest BCUT2D eigenvalue weighted by molar-refractivity contribution is 7.99. The Labute approximate surface area is 111 Å². The van der Waals surface area contributed by atoms with E-state index in [1.807, 2.05) is 42.3 Å². The van der Waals surface area contributed by atoms with Crippen LogP contribution in [-0.4, -0.2) is 24.3 Å². The van der Waals surface area contributed by atoms with E-state index in [1.54, 1.807) is 11.8 Å². The van der Waals surface area contributed by atoms with Gasteiger partial charge in [-0.3, -0.25) is 0 Å². The predicted octanol–water partition coefficient (Wildman–Crippen LogP) is 3.61. The standard InChI is InChI=1S/C13H16N2S2/c1-3-8-17-9-7-15-12-5-4-6-13(16-2)11(12)10-14/h3-6,15H,1,7-9H2,2H3. The Kier molecular flexibility index (Phi) is 6.68. The highest BCUT2D eigenvalue weighted by Gasteiger charge is 2.06. The first kappa shape index (κ1) is 14.0. The normalized spacial score (nSPS) is 9.65. The van der Waals surface area contributed by atoms with Gasteiger partial charge in [0.15, 0.2) is 0 Å². The number of nitriles is 1. The Morgan fingerprint density at radius 2 is 2.35 bits per heavy atom. The number of rotatable bonds is 7. The molecule has 0 saturated heterocycles. The molecule has 90 valence electrons. The summed E-state index contributed by atoms with van der Waals surface area (Å²) in [5.41, 5.74) is 1.67. The fourth-order valence-electron chi connectivity index (χ4n) is 1.39. The molecule has 0 aliphatic carbocycles. The summed E-state index contributed by atoms with van der Waals surface area (Å²) in [5, 5.41) is 12.5. The van der Waals surface area contributed by atoms with Crippen molar-refractivity contribution in [1.29, 1.82) is 5.26 Å². The number of nitrogens with one attached hydrogen (secondary N) is 1. The van der Waals surface area contributed by atoms with Crippen LogP contribution in [0.15, 0.2) is 35.7 Å². The number of hydrogen-bond donors (Lipinski definition) is 1. The summed E-state index contributed by atoms with van der Waals surface area (Å²) in [6.07, 6.45) is 3.89. The first-order valence-electron chi connectivity index (χ1n) is 5.33. The molecule has 1 aromatic carbocycles. The van der Waals surface area contributed by atoms with E-state index >= 15 is 0 Å². The van der Waals surface area contributed by atoms with E-state index in [4.69, 9.17) is 5.26 Å². The summed E-state index contributed by atoms with van der Waals surface area (Å²) in [6, 6.07) is 8.17. The molecule has 0 aliphatic heterocycles. The second kappa shape index (κ2) is 8.10. The maximum atomic E-state index is 9.15. The molecule has 4 heteroatoms. The van der Waals surface area contributed by atoms with Gasteiger partial charge in [-0.25, -0.2) is 0 Å². The van der Waals surface area contributed by atoms with Gasteiger partial charge in [0.1, 0.15) is 6.07 Å². The Morgan fingerprint density at radius 3 is 3.00 bits per heavy atom.